The SMILES string of the molecule is CN1CCC(n2nc(NCC(C)(C)O)c3nnc(-c4ccc(F)cc4O)cc32)CC1. The van der Waals surface area contributed by atoms with Crippen LogP contribution in [-0.4, -0.2) is 67.4 Å². The van der Waals surface area contributed by atoms with E-state index in [1.54, 1.807) is 13.8 Å². The second-order valence-electron chi connectivity index (χ2n) is 8.62. The van der Waals surface area contributed by atoms with Crippen molar-refractivity contribution in [3.63, 3.8) is 0 Å². The summed E-state index contributed by atoms with van der Waals surface area (Å²) in [7, 11) is 2.11. The number of nitrogens with zero attached hydrogens (tertiary/aromatic N) is 5. The van der Waals surface area contributed by atoms with Gasteiger partial charge in [0, 0.05) is 18.2 Å². The molecule has 1 aliphatic heterocycles. The summed E-state index contributed by atoms with van der Waals surface area (Å²) in [4.78, 5) is 2.29. The van der Waals surface area contributed by atoms with Gasteiger partial charge in [-0.3, -0.25) is 4.68 Å². The molecule has 0 unspecified atom stereocenters. The van der Waals surface area contributed by atoms with Crippen LogP contribution >= 0.6 is 0 Å². The number of aliphatic hydroxyl groups is 1. The minimum atomic E-state index is -0.906. The molecule has 160 valence electrons. The molecule has 30 heavy (non-hydrogen) atoms. The number of piperidine rings is 1. The van der Waals surface area contributed by atoms with Crippen molar-refractivity contribution in [2.45, 2.75) is 38.3 Å². The van der Waals surface area contributed by atoms with E-state index in [-0.39, 0.29) is 11.8 Å². The van der Waals surface area contributed by atoms with Crippen molar-refractivity contribution >= 4 is 16.9 Å². The highest BCUT2D eigenvalue weighted by molar-refractivity contribution is 5.88. The van der Waals surface area contributed by atoms with Gasteiger partial charge in [0.05, 0.1) is 22.9 Å². The van der Waals surface area contributed by atoms with Crippen molar-refractivity contribution in [3.05, 3.63) is 30.1 Å². The molecular weight excluding hydrogens is 387 g/mol. The predicted molar refractivity (Wildman–Crippen MR) is 113 cm³/mol. The maximum atomic E-state index is 13.4. The van der Waals surface area contributed by atoms with Crippen LogP contribution in [0.2, 0.25) is 0 Å². The first kappa shape index (κ1) is 20.5. The summed E-state index contributed by atoms with van der Waals surface area (Å²) < 4.78 is 15.4. The van der Waals surface area contributed by atoms with Crippen LogP contribution < -0.4 is 5.32 Å². The van der Waals surface area contributed by atoms with Gasteiger partial charge in [-0.1, -0.05) is 0 Å². The molecule has 1 saturated heterocycles. The maximum absolute atomic E-state index is 13.4. The lowest BCUT2D eigenvalue weighted by molar-refractivity contribution is 0.0944. The van der Waals surface area contributed by atoms with E-state index in [1.165, 1.54) is 12.1 Å². The highest BCUT2D eigenvalue weighted by Gasteiger charge is 2.25. The van der Waals surface area contributed by atoms with Crippen molar-refractivity contribution in [1.29, 1.82) is 0 Å². The monoisotopic (exact) mass is 414 g/mol. The van der Waals surface area contributed by atoms with E-state index in [9.17, 15) is 14.6 Å². The van der Waals surface area contributed by atoms with Gasteiger partial charge in [0.25, 0.3) is 0 Å². The maximum Gasteiger partial charge on any atom is 0.176 e. The molecule has 3 heterocycles. The molecule has 9 heteroatoms. The van der Waals surface area contributed by atoms with Crippen molar-refractivity contribution in [2.75, 3.05) is 32.0 Å². The fourth-order valence-corrected chi connectivity index (χ4v) is 3.72. The summed E-state index contributed by atoms with van der Waals surface area (Å²) in [6, 6.07) is 5.87. The van der Waals surface area contributed by atoms with Crippen LogP contribution in [-0.2, 0) is 0 Å². The lowest BCUT2D eigenvalue weighted by Gasteiger charge is -2.29. The zero-order valence-corrected chi connectivity index (χ0v) is 17.4. The van der Waals surface area contributed by atoms with Gasteiger partial charge in [0.15, 0.2) is 11.3 Å². The van der Waals surface area contributed by atoms with E-state index in [2.05, 4.69) is 27.5 Å². The van der Waals surface area contributed by atoms with Crippen LogP contribution in [0.4, 0.5) is 10.2 Å². The van der Waals surface area contributed by atoms with Crippen LogP contribution in [0, 0.1) is 5.82 Å². The third kappa shape index (κ3) is 4.22. The molecule has 8 nitrogen and oxygen atoms in total. The van der Waals surface area contributed by atoms with E-state index in [4.69, 9.17) is 5.10 Å². The highest BCUT2D eigenvalue weighted by Crippen LogP contribution is 2.33. The first-order chi connectivity index (χ1) is 14.2. The number of phenols is 1. The molecule has 0 bridgehead atoms. The molecule has 3 aromatic rings. The van der Waals surface area contributed by atoms with Gasteiger partial charge >= 0.3 is 0 Å². The van der Waals surface area contributed by atoms with E-state index in [0.717, 1.165) is 37.5 Å². The highest BCUT2D eigenvalue weighted by atomic mass is 19.1. The average Bonchev–Trinajstić information content (AvgIpc) is 3.04. The molecule has 4 rings (SSSR count). The summed E-state index contributed by atoms with van der Waals surface area (Å²) in [5.74, 6) is -0.137. The fraction of sp³-hybridized carbons (Fsp3) is 0.476. The van der Waals surface area contributed by atoms with Crippen molar-refractivity contribution < 1.29 is 14.6 Å². The van der Waals surface area contributed by atoms with E-state index < -0.39 is 11.4 Å². The molecule has 0 radical (unpaired) electrons. The second-order valence-corrected chi connectivity index (χ2v) is 8.62. The van der Waals surface area contributed by atoms with Crippen LogP contribution in [0.25, 0.3) is 22.3 Å². The summed E-state index contributed by atoms with van der Waals surface area (Å²) >= 11 is 0. The lowest BCUT2D eigenvalue weighted by Crippen LogP contribution is -2.32. The molecule has 1 aromatic carbocycles. The summed E-state index contributed by atoms with van der Waals surface area (Å²) in [6.45, 7) is 5.70. The number of likely N-dealkylation sites (tertiary alicyclic amines) is 1. The number of halogens is 1. The number of fused-ring (bicyclic) bond motifs is 1. The summed E-state index contributed by atoms with van der Waals surface area (Å²) in [5.41, 5.74) is 1.34. The molecule has 2 aromatic heterocycles. The van der Waals surface area contributed by atoms with Crippen LogP contribution in [0.15, 0.2) is 24.3 Å². The van der Waals surface area contributed by atoms with Crippen LogP contribution in [0.3, 0.4) is 0 Å². The Morgan fingerprint density at radius 2 is 1.93 bits per heavy atom. The van der Waals surface area contributed by atoms with Gasteiger partial charge in [-0.05, 0) is 65.0 Å². The van der Waals surface area contributed by atoms with Gasteiger partial charge in [0.2, 0.25) is 0 Å². The number of anilines is 1. The third-order valence-electron chi connectivity index (χ3n) is 5.41. The molecule has 3 N–H and O–H groups in total. The molecule has 1 aliphatic rings. The van der Waals surface area contributed by atoms with Gasteiger partial charge in [-0.15, -0.1) is 10.2 Å². The quantitative estimate of drug-likeness (QED) is 0.590. The van der Waals surface area contributed by atoms with Crippen molar-refractivity contribution in [1.82, 2.24) is 24.9 Å². The zero-order valence-electron chi connectivity index (χ0n) is 17.4. The number of benzene rings is 1. The number of aromatic hydroxyl groups is 1. The normalized spacial score (nSPS) is 16.3. The molecule has 0 amide bonds. The third-order valence-corrected chi connectivity index (χ3v) is 5.41. The topological polar surface area (TPSA) is 99.3 Å². The average molecular weight is 414 g/mol. The Kier molecular flexibility index (Phi) is 5.33. The summed E-state index contributed by atoms with van der Waals surface area (Å²) in [5, 5.41) is 36.8. The zero-order chi connectivity index (χ0) is 21.5. The Hall–Kier alpha value is -2.78. The molecule has 0 spiro atoms. The first-order valence-electron chi connectivity index (χ1n) is 10.1. The summed E-state index contributed by atoms with van der Waals surface area (Å²) in [6.07, 6.45) is 1.91. The minimum absolute atomic E-state index is 0.186. The van der Waals surface area contributed by atoms with Gasteiger partial charge in [-0.25, -0.2) is 4.39 Å². The van der Waals surface area contributed by atoms with Gasteiger partial charge in [0.1, 0.15) is 11.6 Å². The largest absolute Gasteiger partial charge is 0.507 e. The standard InChI is InChI=1S/C21H27FN6O2/c1-21(2,30)12-23-20-19-17(28(26-20)14-6-8-27(3)9-7-14)11-16(24-25-19)15-5-4-13(22)10-18(15)29/h4-5,10-11,14,29-30H,6-9,12H2,1-3H3,(H,23,26). The van der Waals surface area contributed by atoms with Crippen molar-refractivity contribution in [3.8, 4) is 17.0 Å². The van der Waals surface area contributed by atoms with E-state index in [1.807, 2.05) is 10.7 Å². The van der Waals surface area contributed by atoms with Crippen molar-refractivity contribution in [2.24, 2.45) is 0 Å². The Bertz CT molecular complexity index is 1050. The van der Waals surface area contributed by atoms with Crippen LogP contribution in [0.5, 0.6) is 5.75 Å². The smallest absolute Gasteiger partial charge is 0.176 e. The predicted octanol–water partition coefficient (Wildman–Crippen LogP) is 2.79. The molecule has 1 fully saturated rings. The Balaban J connectivity index is 1.78. The van der Waals surface area contributed by atoms with Gasteiger partial charge < -0.3 is 20.4 Å². The number of rotatable bonds is 5. The van der Waals surface area contributed by atoms with E-state index in [0.29, 0.717) is 29.1 Å². The lowest BCUT2D eigenvalue weighted by atomic mass is 10.1. The number of phenolic OH excluding ortho intramolecular Hbond substituents is 1. The second kappa shape index (κ2) is 7.81. The van der Waals surface area contributed by atoms with Gasteiger partial charge in [-0.2, -0.15) is 5.10 Å². The Labute approximate surface area is 174 Å². The molecule has 0 aliphatic carbocycles. The minimum Gasteiger partial charge on any atom is -0.507 e. The number of nitrogens with one attached hydrogen (secondary N) is 1. The molecule has 0 atom stereocenters. The Morgan fingerprint density at radius 3 is 2.60 bits per heavy atom. The molecule has 0 saturated carbocycles. The Morgan fingerprint density at radius 1 is 1.20 bits per heavy atom. The number of aromatic nitrogens is 4. The molecular formula is C21H27FN6O2. The number of hydrogen-bond acceptors (Lipinski definition) is 7. The fourth-order valence-electron chi connectivity index (χ4n) is 3.72. The first-order valence-corrected chi connectivity index (χ1v) is 10.1. The number of hydrogen-bond donors (Lipinski definition) is 3. The van der Waals surface area contributed by atoms with Crippen LogP contribution in [0.1, 0.15) is 32.7 Å². The van der Waals surface area contributed by atoms with E-state index >= 15 is 0 Å².